The lowest BCUT2D eigenvalue weighted by atomic mass is 10.2. The Balaban J connectivity index is 2.39. The Kier molecular flexibility index (Phi) is 5.06. The molecule has 0 atom stereocenters. The highest BCUT2D eigenvalue weighted by molar-refractivity contribution is 9.10. The summed E-state index contributed by atoms with van der Waals surface area (Å²) < 4.78 is 2.67. The number of aromatic amines is 1. The molecule has 0 aliphatic heterocycles. The van der Waals surface area contributed by atoms with E-state index in [1.165, 1.54) is 17.3 Å². The topological polar surface area (TPSA) is 62.7 Å². The molecule has 7 heteroatoms. The number of H-pyrrole nitrogens is 1. The van der Waals surface area contributed by atoms with Crippen LogP contribution in [0.5, 0.6) is 0 Å². The van der Waals surface area contributed by atoms with Crippen molar-refractivity contribution in [3.63, 3.8) is 0 Å². The Morgan fingerprint density at radius 3 is 2.90 bits per heavy atom. The van der Waals surface area contributed by atoms with E-state index in [2.05, 4.69) is 37.5 Å². The molecule has 0 aliphatic rings. The molecule has 2 N–H and O–H groups in total. The number of hydrogen-bond donors (Lipinski definition) is 2. The van der Waals surface area contributed by atoms with Crippen LogP contribution in [0.3, 0.4) is 0 Å². The van der Waals surface area contributed by atoms with Gasteiger partial charge in [0.25, 0.3) is 0 Å². The fourth-order valence-electron chi connectivity index (χ4n) is 1.88. The molecule has 0 spiro atoms. The third kappa shape index (κ3) is 3.34. The highest BCUT2D eigenvalue weighted by Crippen LogP contribution is 2.31. The van der Waals surface area contributed by atoms with Crippen LogP contribution in [0.25, 0.3) is 0 Å². The van der Waals surface area contributed by atoms with Crippen LogP contribution in [0, 0.1) is 0 Å². The smallest absolute Gasteiger partial charge is 0.316 e. The zero-order chi connectivity index (χ0) is 14.7. The lowest BCUT2D eigenvalue weighted by Crippen LogP contribution is -2.19. The summed E-state index contributed by atoms with van der Waals surface area (Å²) in [5, 5.41) is 10.5. The molecule has 0 unspecified atom stereocenters. The van der Waals surface area contributed by atoms with E-state index in [1.54, 1.807) is 4.57 Å². The van der Waals surface area contributed by atoms with E-state index in [1.807, 2.05) is 33.0 Å². The molecule has 1 aromatic heterocycles. The van der Waals surface area contributed by atoms with Crippen molar-refractivity contribution in [1.82, 2.24) is 20.1 Å². The Labute approximate surface area is 130 Å². The maximum atomic E-state index is 11.8. The predicted molar refractivity (Wildman–Crippen MR) is 84.3 cm³/mol. The van der Waals surface area contributed by atoms with E-state index in [9.17, 15) is 4.79 Å². The molecule has 0 amide bonds. The van der Waals surface area contributed by atoms with Crippen molar-refractivity contribution in [3.05, 3.63) is 38.7 Å². The number of nitrogens with zero attached hydrogens (tertiary/aromatic N) is 2. The summed E-state index contributed by atoms with van der Waals surface area (Å²) in [4.78, 5) is 12.8. The molecule has 2 aromatic rings. The van der Waals surface area contributed by atoms with Gasteiger partial charge in [-0.25, -0.2) is 9.89 Å². The van der Waals surface area contributed by atoms with Gasteiger partial charge in [0.15, 0.2) is 5.16 Å². The molecular formula is C13H17BrN4OS. The molecule has 0 bridgehead atoms. The van der Waals surface area contributed by atoms with Crippen molar-refractivity contribution in [2.45, 2.75) is 36.5 Å². The second-order valence-corrected chi connectivity index (χ2v) is 6.58. The van der Waals surface area contributed by atoms with Gasteiger partial charge in [-0.2, -0.15) is 0 Å². The van der Waals surface area contributed by atoms with Crippen molar-refractivity contribution in [3.8, 4) is 0 Å². The average Bonchev–Trinajstić information content (AvgIpc) is 2.74. The van der Waals surface area contributed by atoms with Gasteiger partial charge in [0.05, 0.1) is 0 Å². The lowest BCUT2D eigenvalue weighted by Gasteiger charge is -2.11. The number of rotatable bonds is 5. The van der Waals surface area contributed by atoms with Crippen molar-refractivity contribution in [2.75, 3.05) is 7.05 Å². The SMILES string of the molecule is CNCc1ccc(Br)cc1Sc1n[nH]c(=O)n1C(C)C. The van der Waals surface area contributed by atoms with Crippen LogP contribution < -0.4 is 11.0 Å². The van der Waals surface area contributed by atoms with Gasteiger partial charge in [0.1, 0.15) is 0 Å². The molecule has 0 saturated carbocycles. The second-order valence-electron chi connectivity index (χ2n) is 4.66. The Morgan fingerprint density at radius 1 is 1.50 bits per heavy atom. The molecule has 0 radical (unpaired) electrons. The van der Waals surface area contributed by atoms with Crippen LogP contribution in [0.2, 0.25) is 0 Å². The van der Waals surface area contributed by atoms with E-state index < -0.39 is 0 Å². The van der Waals surface area contributed by atoms with E-state index in [4.69, 9.17) is 0 Å². The summed E-state index contributed by atoms with van der Waals surface area (Å²) in [6.07, 6.45) is 0. The molecule has 2 rings (SSSR count). The van der Waals surface area contributed by atoms with Gasteiger partial charge in [0, 0.05) is 22.0 Å². The van der Waals surface area contributed by atoms with Gasteiger partial charge < -0.3 is 5.32 Å². The quantitative estimate of drug-likeness (QED) is 0.864. The number of hydrogen-bond acceptors (Lipinski definition) is 4. The fraction of sp³-hybridized carbons (Fsp3) is 0.385. The molecule has 0 saturated heterocycles. The molecule has 108 valence electrons. The number of nitrogens with one attached hydrogen (secondary N) is 2. The highest BCUT2D eigenvalue weighted by Gasteiger charge is 2.14. The van der Waals surface area contributed by atoms with Gasteiger partial charge >= 0.3 is 5.69 Å². The van der Waals surface area contributed by atoms with Crippen LogP contribution in [-0.4, -0.2) is 21.8 Å². The summed E-state index contributed by atoms with van der Waals surface area (Å²) >= 11 is 4.98. The second kappa shape index (κ2) is 6.60. The standard InChI is InChI=1S/C13H17BrN4OS/c1-8(2)18-12(19)16-17-13(18)20-11-6-10(14)5-4-9(11)7-15-3/h4-6,8,15H,7H2,1-3H3,(H,16,19). The van der Waals surface area contributed by atoms with Crippen LogP contribution in [0.1, 0.15) is 25.5 Å². The van der Waals surface area contributed by atoms with E-state index >= 15 is 0 Å². The number of halogens is 1. The largest absolute Gasteiger partial charge is 0.344 e. The maximum Gasteiger partial charge on any atom is 0.344 e. The minimum atomic E-state index is -0.173. The van der Waals surface area contributed by atoms with Gasteiger partial charge in [-0.05, 0) is 50.4 Å². The van der Waals surface area contributed by atoms with E-state index in [-0.39, 0.29) is 11.7 Å². The van der Waals surface area contributed by atoms with Gasteiger partial charge in [0.2, 0.25) is 0 Å². The molecular weight excluding hydrogens is 340 g/mol. The monoisotopic (exact) mass is 356 g/mol. The first-order valence-electron chi connectivity index (χ1n) is 6.30. The maximum absolute atomic E-state index is 11.8. The molecule has 0 aliphatic carbocycles. The first kappa shape index (κ1) is 15.3. The Bertz CT molecular complexity index is 650. The fourth-order valence-corrected chi connectivity index (χ4v) is 3.53. The average molecular weight is 357 g/mol. The minimum Gasteiger partial charge on any atom is -0.316 e. The molecule has 1 heterocycles. The van der Waals surface area contributed by atoms with Gasteiger partial charge in [-0.1, -0.05) is 22.0 Å². The third-order valence-electron chi connectivity index (χ3n) is 2.79. The Hall–Kier alpha value is -1.05. The molecule has 0 fully saturated rings. The van der Waals surface area contributed by atoms with Crippen molar-refractivity contribution in [2.24, 2.45) is 0 Å². The van der Waals surface area contributed by atoms with Gasteiger partial charge in [-0.3, -0.25) is 4.57 Å². The number of benzene rings is 1. The Morgan fingerprint density at radius 2 is 2.25 bits per heavy atom. The molecule has 20 heavy (non-hydrogen) atoms. The van der Waals surface area contributed by atoms with Crippen molar-refractivity contribution >= 4 is 27.7 Å². The van der Waals surface area contributed by atoms with Crippen LogP contribution in [-0.2, 0) is 6.54 Å². The van der Waals surface area contributed by atoms with Crippen LogP contribution in [0.15, 0.2) is 37.5 Å². The third-order valence-corrected chi connectivity index (χ3v) is 4.35. The van der Waals surface area contributed by atoms with Crippen LogP contribution >= 0.6 is 27.7 Å². The van der Waals surface area contributed by atoms with E-state index in [0.29, 0.717) is 5.16 Å². The van der Waals surface area contributed by atoms with Crippen molar-refractivity contribution < 1.29 is 0 Å². The molecule has 1 aromatic carbocycles. The van der Waals surface area contributed by atoms with Crippen molar-refractivity contribution in [1.29, 1.82) is 0 Å². The number of aromatic nitrogens is 3. The predicted octanol–water partition coefficient (Wildman–Crippen LogP) is 2.79. The summed E-state index contributed by atoms with van der Waals surface area (Å²) in [6.45, 7) is 4.71. The summed E-state index contributed by atoms with van der Waals surface area (Å²) in [7, 11) is 1.91. The zero-order valence-corrected chi connectivity index (χ0v) is 14.0. The zero-order valence-electron chi connectivity index (χ0n) is 11.6. The summed E-state index contributed by atoms with van der Waals surface area (Å²) in [6, 6.07) is 6.19. The van der Waals surface area contributed by atoms with E-state index in [0.717, 1.165) is 15.9 Å². The summed E-state index contributed by atoms with van der Waals surface area (Å²) in [5.74, 6) is 0. The first-order chi connectivity index (χ1) is 9.52. The highest BCUT2D eigenvalue weighted by atomic mass is 79.9. The van der Waals surface area contributed by atoms with Gasteiger partial charge in [-0.15, -0.1) is 5.10 Å². The first-order valence-corrected chi connectivity index (χ1v) is 7.91. The normalized spacial score (nSPS) is 11.2. The lowest BCUT2D eigenvalue weighted by molar-refractivity contribution is 0.534. The summed E-state index contributed by atoms with van der Waals surface area (Å²) in [5.41, 5.74) is 0.999. The minimum absolute atomic E-state index is 0.0728. The van der Waals surface area contributed by atoms with Crippen LogP contribution in [0.4, 0.5) is 0 Å². The molecule has 5 nitrogen and oxygen atoms in total.